The van der Waals surface area contributed by atoms with Crippen LogP contribution in [0, 0.1) is 5.82 Å². The zero-order valence-electron chi connectivity index (χ0n) is 10.1. The van der Waals surface area contributed by atoms with E-state index in [1.165, 1.54) is 49.8 Å². The van der Waals surface area contributed by atoms with Crippen molar-refractivity contribution in [1.29, 1.82) is 0 Å². The van der Waals surface area contributed by atoms with Gasteiger partial charge in [0, 0.05) is 19.4 Å². The lowest BCUT2D eigenvalue weighted by atomic mass is 10.3. The minimum Gasteiger partial charge on any atom is -0.398 e. The number of pyridine rings is 1. The fraction of sp³-hybridized carbons (Fsp3) is 0.0833. The predicted molar refractivity (Wildman–Crippen MR) is 70.6 cm³/mol. The van der Waals surface area contributed by atoms with Gasteiger partial charge in [0.15, 0.2) is 0 Å². The SMILES string of the molecule is CN(c1ccc(F)cc1)S(=O)(=O)c1cnccc1N. The number of nitrogens with two attached hydrogens (primary N) is 1. The summed E-state index contributed by atoms with van der Waals surface area (Å²) >= 11 is 0. The number of anilines is 2. The molecule has 7 heteroatoms. The molecule has 1 aromatic heterocycles. The van der Waals surface area contributed by atoms with Gasteiger partial charge in [-0.15, -0.1) is 0 Å². The third-order valence-corrected chi connectivity index (χ3v) is 4.47. The van der Waals surface area contributed by atoms with Crippen LogP contribution in [0.3, 0.4) is 0 Å². The Morgan fingerprint density at radius 1 is 1.21 bits per heavy atom. The molecule has 0 saturated carbocycles. The quantitative estimate of drug-likeness (QED) is 0.927. The highest BCUT2D eigenvalue weighted by molar-refractivity contribution is 7.93. The van der Waals surface area contributed by atoms with Gasteiger partial charge in [0.05, 0.1) is 11.4 Å². The number of halogens is 1. The van der Waals surface area contributed by atoms with Crippen molar-refractivity contribution < 1.29 is 12.8 Å². The Kier molecular flexibility index (Phi) is 3.39. The molecule has 0 fully saturated rings. The van der Waals surface area contributed by atoms with Crippen molar-refractivity contribution in [3.63, 3.8) is 0 Å². The van der Waals surface area contributed by atoms with Crippen molar-refractivity contribution in [1.82, 2.24) is 4.98 Å². The molecule has 1 heterocycles. The van der Waals surface area contributed by atoms with Crippen LogP contribution < -0.4 is 10.0 Å². The lowest BCUT2D eigenvalue weighted by Crippen LogP contribution is -2.27. The van der Waals surface area contributed by atoms with Crippen LogP contribution in [-0.2, 0) is 10.0 Å². The van der Waals surface area contributed by atoms with Gasteiger partial charge in [-0.05, 0) is 30.3 Å². The average Bonchev–Trinajstić information content (AvgIpc) is 2.39. The normalized spacial score (nSPS) is 11.3. The summed E-state index contributed by atoms with van der Waals surface area (Å²) in [6, 6.07) is 6.53. The standard InChI is InChI=1S/C12H12FN3O2S/c1-16(10-4-2-9(13)3-5-10)19(17,18)12-8-15-7-6-11(12)14/h2-8H,1H3,(H2,14,15). The molecule has 0 bridgehead atoms. The summed E-state index contributed by atoms with van der Waals surface area (Å²) in [5.74, 6) is -0.435. The molecule has 0 aliphatic carbocycles. The van der Waals surface area contributed by atoms with Gasteiger partial charge in [-0.25, -0.2) is 12.8 Å². The van der Waals surface area contributed by atoms with Gasteiger partial charge in [0.2, 0.25) is 0 Å². The number of nitrogen functional groups attached to an aromatic ring is 1. The van der Waals surface area contributed by atoms with Gasteiger partial charge >= 0.3 is 0 Å². The second-order valence-corrected chi connectivity index (χ2v) is 5.80. The van der Waals surface area contributed by atoms with E-state index >= 15 is 0 Å². The summed E-state index contributed by atoms with van der Waals surface area (Å²) in [5, 5.41) is 0. The first kappa shape index (κ1) is 13.3. The van der Waals surface area contributed by atoms with Crippen molar-refractivity contribution in [2.75, 3.05) is 17.1 Å². The topological polar surface area (TPSA) is 76.3 Å². The highest BCUT2D eigenvalue weighted by Crippen LogP contribution is 2.24. The molecule has 2 aromatic rings. The van der Waals surface area contributed by atoms with E-state index in [4.69, 9.17) is 5.73 Å². The number of sulfonamides is 1. The van der Waals surface area contributed by atoms with Crippen molar-refractivity contribution >= 4 is 21.4 Å². The fourth-order valence-electron chi connectivity index (χ4n) is 1.54. The molecule has 19 heavy (non-hydrogen) atoms. The molecule has 2 N–H and O–H groups in total. The van der Waals surface area contributed by atoms with Gasteiger partial charge in [0.25, 0.3) is 10.0 Å². The molecule has 0 unspecified atom stereocenters. The minimum atomic E-state index is -3.81. The third-order valence-electron chi connectivity index (χ3n) is 2.65. The zero-order valence-corrected chi connectivity index (χ0v) is 10.9. The Balaban J connectivity index is 2.45. The van der Waals surface area contributed by atoms with Crippen LogP contribution in [-0.4, -0.2) is 20.4 Å². The Morgan fingerprint density at radius 3 is 2.42 bits per heavy atom. The fourth-order valence-corrected chi connectivity index (χ4v) is 2.80. The Morgan fingerprint density at radius 2 is 1.84 bits per heavy atom. The van der Waals surface area contributed by atoms with Crippen molar-refractivity contribution in [3.05, 3.63) is 48.5 Å². The molecule has 0 amide bonds. The number of hydrogen-bond donors (Lipinski definition) is 1. The third kappa shape index (κ3) is 2.50. The highest BCUT2D eigenvalue weighted by Gasteiger charge is 2.23. The van der Waals surface area contributed by atoms with Gasteiger partial charge in [-0.1, -0.05) is 0 Å². The molecule has 100 valence electrons. The van der Waals surface area contributed by atoms with E-state index in [0.717, 1.165) is 4.31 Å². The summed E-state index contributed by atoms with van der Waals surface area (Å²) in [5.41, 5.74) is 6.09. The van der Waals surface area contributed by atoms with Crippen LogP contribution >= 0.6 is 0 Å². The van der Waals surface area contributed by atoms with Crippen molar-refractivity contribution in [2.45, 2.75) is 4.90 Å². The lowest BCUT2D eigenvalue weighted by Gasteiger charge is -2.20. The van der Waals surface area contributed by atoms with Crippen LogP contribution in [0.4, 0.5) is 15.8 Å². The summed E-state index contributed by atoms with van der Waals surface area (Å²) in [4.78, 5) is 3.67. The van der Waals surface area contributed by atoms with Gasteiger partial charge in [-0.2, -0.15) is 0 Å². The lowest BCUT2D eigenvalue weighted by molar-refractivity contribution is 0.594. The summed E-state index contributed by atoms with van der Waals surface area (Å²) < 4.78 is 38.6. The van der Waals surface area contributed by atoms with Crippen LogP contribution in [0.1, 0.15) is 0 Å². The molecule has 1 aromatic carbocycles. The summed E-state index contributed by atoms with van der Waals surface area (Å²) in [7, 11) is -2.44. The smallest absolute Gasteiger partial charge is 0.267 e. The highest BCUT2D eigenvalue weighted by atomic mass is 32.2. The molecule has 2 rings (SSSR count). The number of aromatic nitrogens is 1. The monoisotopic (exact) mass is 281 g/mol. The summed E-state index contributed by atoms with van der Waals surface area (Å²) in [6.07, 6.45) is 2.59. The van der Waals surface area contributed by atoms with Crippen molar-refractivity contribution in [3.8, 4) is 0 Å². The maximum Gasteiger partial charge on any atom is 0.267 e. The van der Waals surface area contributed by atoms with E-state index in [1.54, 1.807) is 0 Å². The number of benzene rings is 1. The van der Waals surface area contributed by atoms with E-state index in [9.17, 15) is 12.8 Å². The van der Waals surface area contributed by atoms with E-state index in [-0.39, 0.29) is 10.6 Å². The molecule has 0 aliphatic rings. The molecule has 0 radical (unpaired) electrons. The predicted octanol–water partition coefficient (Wildman–Crippen LogP) is 1.63. The molecule has 0 atom stereocenters. The maximum absolute atomic E-state index is 12.8. The first-order chi connectivity index (χ1) is 8.93. The average molecular weight is 281 g/mol. The number of hydrogen-bond acceptors (Lipinski definition) is 4. The Labute approximate surface area is 110 Å². The van der Waals surface area contributed by atoms with Crippen molar-refractivity contribution in [2.24, 2.45) is 0 Å². The van der Waals surface area contributed by atoms with E-state index in [2.05, 4.69) is 4.98 Å². The largest absolute Gasteiger partial charge is 0.398 e. The Bertz CT molecular complexity index is 686. The molecular formula is C12H12FN3O2S. The van der Waals surface area contributed by atoms with E-state index in [0.29, 0.717) is 5.69 Å². The molecular weight excluding hydrogens is 269 g/mol. The molecule has 0 aliphatic heterocycles. The minimum absolute atomic E-state index is 0.0816. The van der Waals surface area contributed by atoms with Crippen LogP contribution in [0.25, 0.3) is 0 Å². The molecule has 5 nitrogen and oxygen atoms in total. The maximum atomic E-state index is 12.8. The first-order valence-corrected chi connectivity index (χ1v) is 6.81. The van der Waals surface area contributed by atoms with E-state index < -0.39 is 15.8 Å². The number of rotatable bonds is 3. The number of nitrogens with zero attached hydrogens (tertiary/aromatic N) is 2. The van der Waals surface area contributed by atoms with Gasteiger partial charge in [0.1, 0.15) is 10.7 Å². The zero-order chi connectivity index (χ0) is 14.0. The second kappa shape index (κ2) is 4.85. The van der Waals surface area contributed by atoms with Crippen LogP contribution in [0.2, 0.25) is 0 Å². The van der Waals surface area contributed by atoms with Crippen LogP contribution in [0.5, 0.6) is 0 Å². The van der Waals surface area contributed by atoms with Gasteiger partial charge < -0.3 is 5.73 Å². The summed E-state index contributed by atoms with van der Waals surface area (Å²) in [6.45, 7) is 0. The van der Waals surface area contributed by atoms with Crippen LogP contribution in [0.15, 0.2) is 47.6 Å². The molecule has 0 spiro atoms. The first-order valence-electron chi connectivity index (χ1n) is 5.37. The second-order valence-electron chi connectivity index (χ2n) is 3.86. The Hall–Kier alpha value is -2.15. The molecule has 0 saturated heterocycles. The van der Waals surface area contributed by atoms with Gasteiger partial charge in [-0.3, -0.25) is 9.29 Å². The van der Waals surface area contributed by atoms with E-state index in [1.807, 2.05) is 0 Å².